The van der Waals surface area contributed by atoms with Gasteiger partial charge in [-0.1, -0.05) is 6.07 Å². The number of carbonyl (C=O) groups is 1. The fourth-order valence-corrected chi connectivity index (χ4v) is 3.25. The van der Waals surface area contributed by atoms with Gasteiger partial charge in [0.1, 0.15) is 12.4 Å². The van der Waals surface area contributed by atoms with Crippen molar-refractivity contribution in [3.63, 3.8) is 0 Å². The Morgan fingerprint density at radius 3 is 2.87 bits per heavy atom. The van der Waals surface area contributed by atoms with Gasteiger partial charge in [-0.15, -0.1) is 11.3 Å². The van der Waals surface area contributed by atoms with Crippen LogP contribution in [-0.4, -0.2) is 41.1 Å². The maximum absolute atomic E-state index is 12.7. The van der Waals surface area contributed by atoms with Gasteiger partial charge >= 0.3 is 0 Å². The summed E-state index contributed by atoms with van der Waals surface area (Å²) in [6, 6.07) is 7.31. The predicted octanol–water partition coefficient (Wildman–Crippen LogP) is 2.97. The molecule has 1 fully saturated rings. The molecule has 1 saturated heterocycles. The highest BCUT2D eigenvalue weighted by molar-refractivity contribution is 7.07. The zero-order chi connectivity index (χ0) is 16.2. The summed E-state index contributed by atoms with van der Waals surface area (Å²) in [7, 11) is 0. The molecule has 23 heavy (non-hydrogen) atoms. The van der Waals surface area contributed by atoms with E-state index in [2.05, 4.69) is 4.98 Å². The largest absolute Gasteiger partial charge is 0.487 e. The molecule has 0 spiro atoms. The number of benzene rings is 1. The molecule has 122 valence electrons. The Bertz CT molecular complexity index is 650. The maximum atomic E-state index is 12.7. The van der Waals surface area contributed by atoms with Gasteiger partial charge in [0.15, 0.2) is 0 Å². The Morgan fingerprint density at radius 2 is 2.17 bits per heavy atom. The molecule has 0 N–H and O–H groups in total. The Kier molecular flexibility index (Phi) is 4.93. The van der Waals surface area contributed by atoms with Crippen molar-refractivity contribution in [1.29, 1.82) is 0 Å². The maximum Gasteiger partial charge on any atom is 0.254 e. The first-order valence-corrected chi connectivity index (χ1v) is 8.61. The molecule has 0 aliphatic carbocycles. The monoisotopic (exact) mass is 332 g/mol. The van der Waals surface area contributed by atoms with Crippen LogP contribution >= 0.6 is 11.3 Å². The molecule has 3 rings (SSSR count). The van der Waals surface area contributed by atoms with Gasteiger partial charge in [-0.25, -0.2) is 4.98 Å². The number of nitrogens with zero attached hydrogens (tertiary/aromatic N) is 2. The van der Waals surface area contributed by atoms with Gasteiger partial charge in [-0.3, -0.25) is 4.79 Å². The molecule has 1 aliphatic heterocycles. The Morgan fingerprint density at radius 1 is 1.39 bits per heavy atom. The molecule has 0 saturated carbocycles. The third kappa shape index (κ3) is 4.09. The van der Waals surface area contributed by atoms with E-state index in [0.29, 0.717) is 31.0 Å². The van der Waals surface area contributed by atoms with Crippen molar-refractivity contribution in [2.75, 3.05) is 13.1 Å². The third-order valence-corrected chi connectivity index (χ3v) is 4.29. The second-order valence-corrected chi connectivity index (χ2v) is 6.48. The smallest absolute Gasteiger partial charge is 0.254 e. The molecule has 2 atom stereocenters. The molecule has 1 aromatic carbocycles. The summed E-state index contributed by atoms with van der Waals surface area (Å²) >= 11 is 1.54. The Hall–Kier alpha value is -1.92. The van der Waals surface area contributed by atoms with Crippen LogP contribution in [0.25, 0.3) is 0 Å². The van der Waals surface area contributed by atoms with Crippen molar-refractivity contribution in [1.82, 2.24) is 9.88 Å². The van der Waals surface area contributed by atoms with Crippen molar-refractivity contribution in [3.05, 3.63) is 46.4 Å². The van der Waals surface area contributed by atoms with Crippen molar-refractivity contribution >= 4 is 17.2 Å². The highest BCUT2D eigenvalue weighted by Crippen LogP contribution is 2.19. The SMILES string of the molecule is CC1CN(C(=O)c2cccc(OCc3cscn3)c2)CC(C)O1. The first kappa shape index (κ1) is 16.0. The number of aromatic nitrogens is 1. The lowest BCUT2D eigenvalue weighted by Crippen LogP contribution is -2.48. The molecule has 1 aliphatic rings. The molecule has 6 heteroatoms. The van der Waals surface area contributed by atoms with Crippen LogP contribution in [0.15, 0.2) is 35.2 Å². The first-order chi connectivity index (χ1) is 11.1. The van der Waals surface area contributed by atoms with Crippen molar-refractivity contribution in [3.8, 4) is 5.75 Å². The van der Waals surface area contributed by atoms with E-state index in [1.165, 1.54) is 11.3 Å². The zero-order valence-corrected chi connectivity index (χ0v) is 14.1. The minimum absolute atomic E-state index is 0.0195. The van der Waals surface area contributed by atoms with Gasteiger partial charge in [0.2, 0.25) is 0 Å². The number of amides is 1. The molecular formula is C17H20N2O3S. The summed E-state index contributed by atoms with van der Waals surface area (Å²) in [5.41, 5.74) is 3.31. The topological polar surface area (TPSA) is 51.7 Å². The Balaban J connectivity index is 1.67. The van der Waals surface area contributed by atoms with E-state index in [9.17, 15) is 4.79 Å². The van der Waals surface area contributed by atoms with E-state index in [0.717, 1.165) is 5.69 Å². The number of rotatable bonds is 4. The lowest BCUT2D eigenvalue weighted by atomic mass is 10.1. The van der Waals surface area contributed by atoms with Crippen LogP contribution in [0.2, 0.25) is 0 Å². The van der Waals surface area contributed by atoms with E-state index in [1.54, 1.807) is 11.6 Å². The average Bonchev–Trinajstić information content (AvgIpc) is 3.05. The third-order valence-electron chi connectivity index (χ3n) is 3.66. The van der Waals surface area contributed by atoms with E-state index in [-0.39, 0.29) is 18.1 Å². The highest BCUT2D eigenvalue weighted by Gasteiger charge is 2.26. The van der Waals surface area contributed by atoms with Crippen molar-refractivity contribution in [2.45, 2.75) is 32.7 Å². The molecule has 1 amide bonds. The summed E-state index contributed by atoms with van der Waals surface area (Å²) in [5, 5.41) is 1.95. The van der Waals surface area contributed by atoms with Crippen LogP contribution in [0.4, 0.5) is 0 Å². The van der Waals surface area contributed by atoms with Crippen molar-refractivity contribution in [2.24, 2.45) is 0 Å². The lowest BCUT2D eigenvalue weighted by molar-refractivity contribution is -0.0586. The molecular weight excluding hydrogens is 312 g/mol. The number of hydrogen-bond acceptors (Lipinski definition) is 5. The van der Waals surface area contributed by atoms with Gasteiger partial charge in [0, 0.05) is 24.0 Å². The number of hydrogen-bond donors (Lipinski definition) is 0. The highest BCUT2D eigenvalue weighted by atomic mass is 32.1. The van der Waals surface area contributed by atoms with Crippen LogP contribution in [-0.2, 0) is 11.3 Å². The second-order valence-electron chi connectivity index (χ2n) is 5.76. The summed E-state index contributed by atoms with van der Waals surface area (Å²) in [5.74, 6) is 0.698. The fourth-order valence-electron chi connectivity index (χ4n) is 2.71. The molecule has 0 radical (unpaired) electrons. The first-order valence-electron chi connectivity index (χ1n) is 7.66. The number of carbonyl (C=O) groups excluding carboxylic acids is 1. The molecule has 2 unspecified atom stereocenters. The summed E-state index contributed by atoms with van der Waals surface area (Å²) in [6.07, 6.45) is 0.124. The fraction of sp³-hybridized carbons (Fsp3) is 0.412. The van der Waals surface area contributed by atoms with E-state index >= 15 is 0 Å². The predicted molar refractivity (Wildman–Crippen MR) is 88.8 cm³/mol. The van der Waals surface area contributed by atoms with Gasteiger partial charge in [-0.05, 0) is 32.0 Å². The van der Waals surface area contributed by atoms with Crippen LogP contribution in [0, 0.1) is 0 Å². The van der Waals surface area contributed by atoms with Gasteiger partial charge in [-0.2, -0.15) is 0 Å². The summed E-state index contributed by atoms with van der Waals surface area (Å²) < 4.78 is 11.4. The second kappa shape index (κ2) is 7.10. The number of ether oxygens (including phenoxy) is 2. The van der Waals surface area contributed by atoms with Crippen LogP contribution < -0.4 is 4.74 Å². The zero-order valence-electron chi connectivity index (χ0n) is 13.3. The van der Waals surface area contributed by atoms with E-state index in [1.807, 2.05) is 42.3 Å². The van der Waals surface area contributed by atoms with Crippen LogP contribution in [0.1, 0.15) is 29.9 Å². The Labute approximate surface area is 139 Å². The average molecular weight is 332 g/mol. The summed E-state index contributed by atoms with van der Waals surface area (Å²) in [4.78, 5) is 18.7. The molecule has 0 bridgehead atoms. The molecule has 1 aromatic heterocycles. The molecule has 5 nitrogen and oxygen atoms in total. The van der Waals surface area contributed by atoms with Gasteiger partial charge in [0.05, 0.1) is 23.4 Å². The van der Waals surface area contributed by atoms with Gasteiger partial charge < -0.3 is 14.4 Å². The molecule has 2 aromatic rings. The quantitative estimate of drug-likeness (QED) is 0.864. The van der Waals surface area contributed by atoms with E-state index < -0.39 is 0 Å². The van der Waals surface area contributed by atoms with Crippen molar-refractivity contribution < 1.29 is 14.3 Å². The number of morpholine rings is 1. The minimum atomic E-state index is 0.0195. The van der Waals surface area contributed by atoms with Crippen LogP contribution in [0.5, 0.6) is 5.75 Å². The summed E-state index contributed by atoms with van der Waals surface area (Å²) in [6.45, 7) is 5.62. The minimum Gasteiger partial charge on any atom is -0.487 e. The van der Waals surface area contributed by atoms with Crippen LogP contribution in [0.3, 0.4) is 0 Å². The molecule has 2 heterocycles. The lowest BCUT2D eigenvalue weighted by Gasteiger charge is -2.35. The number of thiazole rings is 1. The van der Waals surface area contributed by atoms with E-state index in [4.69, 9.17) is 9.47 Å². The standard InChI is InChI=1S/C17H20N2O3S/c1-12-7-19(8-13(2)22-12)17(20)14-4-3-5-16(6-14)21-9-15-10-23-11-18-15/h3-6,10-13H,7-9H2,1-2H3. The van der Waals surface area contributed by atoms with Gasteiger partial charge in [0.25, 0.3) is 5.91 Å². The normalized spacial score (nSPS) is 21.2.